The van der Waals surface area contributed by atoms with Crippen molar-refractivity contribution < 1.29 is 14.4 Å². The predicted octanol–water partition coefficient (Wildman–Crippen LogP) is 3.04. The van der Waals surface area contributed by atoms with Gasteiger partial charge in [-0.15, -0.1) is 0 Å². The van der Waals surface area contributed by atoms with Crippen molar-refractivity contribution in [3.05, 3.63) is 48.7 Å². The lowest BCUT2D eigenvalue weighted by Crippen LogP contribution is -3.13. The first kappa shape index (κ1) is 19.0. The molecule has 1 aliphatic heterocycles. The number of imidazole rings is 2. The van der Waals surface area contributed by atoms with E-state index in [9.17, 15) is 0 Å². The first-order valence-corrected chi connectivity index (χ1v) is 10.8. The third-order valence-corrected chi connectivity index (χ3v) is 6.29. The minimum atomic E-state index is 0.717. The summed E-state index contributed by atoms with van der Waals surface area (Å²) in [5, 5.41) is 0. The van der Waals surface area contributed by atoms with Crippen LogP contribution in [0.5, 0.6) is 11.5 Å². The molecule has 5 rings (SSSR count). The topological polar surface area (TPSA) is 45.1 Å². The van der Waals surface area contributed by atoms with Crippen LogP contribution in [0, 0.1) is 0 Å². The number of hydrogen-bond donors (Lipinski definition) is 1. The average molecular weight is 406 g/mol. The molecule has 0 spiro atoms. The molecule has 1 saturated heterocycles. The van der Waals surface area contributed by atoms with Gasteiger partial charge in [-0.25, -0.2) is 4.98 Å². The van der Waals surface area contributed by atoms with E-state index >= 15 is 0 Å². The van der Waals surface area contributed by atoms with E-state index < -0.39 is 0 Å². The molecule has 4 aromatic rings. The summed E-state index contributed by atoms with van der Waals surface area (Å²) in [5.41, 5.74) is 4.40. The van der Waals surface area contributed by atoms with Crippen molar-refractivity contribution in [2.75, 3.05) is 33.9 Å². The second-order valence-electron chi connectivity index (χ2n) is 8.07. The maximum Gasteiger partial charge on any atom is 0.215 e. The Bertz CT molecular complexity index is 1170. The average Bonchev–Trinajstić information content (AvgIpc) is 3.36. The molecule has 1 aliphatic rings. The number of para-hydroxylation sites is 2. The normalized spacial score (nSPS) is 15.1. The van der Waals surface area contributed by atoms with Crippen LogP contribution in [0.1, 0.15) is 19.3 Å². The number of likely N-dealkylation sites (tertiary alicyclic amines) is 1. The number of piperidine rings is 1. The van der Waals surface area contributed by atoms with Crippen LogP contribution in [0.4, 0.5) is 0 Å². The van der Waals surface area contributed by atoms with Gasteiger partial charge in [0.1, 0.15) is 0 Å². The van der Waals surface area contributed by atoms with Crippen LogP contribution >= 0.6 is 0 Å². The van der Waals surface area contributed by atoms with Crippen LogP contribution in [-0.4, -0.2) is 47.8 Å². The van der Waals surface area contributed by atoms with Gasteiger partial charge in [0.25, 0.3) is 0 Å². The highest BCUT2D eigenvalue weighted by molar-refractivity contribution is 5.82. The van der Waals surface area contributed by atoms with Crippen molar-refractivity contribution in [2.24, 2.45) is 0 Å². The molecule has 1 fully saturated rings. The fourth-order valence-corrected chi connectivity index (χ4v) is 4.67. The minimum absolute atomic E-state index is 0.717. The van der Waals surface area contributed by atoms with Crippen LogP contribution in [0.2, 0.25) is 0 Å². The molecule has 0 aliphatic carbocycles. The van der Waals surface area contributed by atoms with Gasteiger partial charge in [-0.3, -0.25) is 4.40 Å². The Kier molecular flexibility index (Phi) is 5.09. The van der Waals surface area contributed by atoms with Crippen molar-refractivity contribution in [2.45, 2.75) is 25.8 Å². The van der Waals surface area contributed by atoms with Crippen LogP contribution < -0.4 is 14.4 Å². The number of hydrogen-bond acceptors (Lipinski definition) is 3. The number of ether oxygens (including phenoxy) is 2. The molecule has 0 atom stereocenters. The minimum Gasteiger partial charge on any atom is -0.493 e. The first-order chi connectivity index (χ1) is 14.8. The lowest BCUT2D eigenvalue weighted by atomic mass is 10.1. The SMILES string of the molecule is COc1ccc(-c2cn3c4ccccc4n(CC[NH+]4CCCCC4)c3n2)cc1OC. The summed E-state index contributed by atoms with van der Waals surface area (Å²) in [6, 6.07) is 14.5. The molecule has 6 nitrogen and oxygen atoms in total. The third kappa shape index (κ3) is 3.31. The summed E-state index contributed by atoms with van der Waals surface area (Å²) in [5.74, 6) is 2.44. The maximum absolute atomic E-state index is 5.49. The number of rotatable bonds is 6. The van der Waals surface area contributed by atoms with Crippen molar-refractivity contribution in [1.29, 1.82) is 0 Å². The zero-order valence-electron chi connectivity index (χ0n) is 17.7. The van der Waals surface area contributed by atoms with Gasteiger partial charge in [-0.1, -0.05) is 12.1 Å². The molecule has 3 heterocycles. The van der Waals surface area contributed by atoms with E-state index in [-0.39, 0.29) is 0 Å². The number of methoxy groups -OCH3 is 2. The largest absolute Gasteiger partial charge is 0.493 e. The predicted molar refractivity (Wildman–Crippen MR) is 119 cm³/mol. The molecule has 2 aromatic carbocycles. The van der Waals surface area contributed by atoms with Gasteiger partial charge in [0.15, 0.2) is 11.5 Å². The number of fused-ring (bicyclic) bond motifs is 3. The van der Waals surface area contributed by atoms with E-state index in [0.29, 0.717) is 5.75 Å². The van der Waals surface area contributed by atoms with E-state index in [4.69, 9.17) is 14.5 Å². The number of quaternary nitrogens is 1. The van der Waals surface area contributed by atoms with E-state index in [1.54, 1.807) is 19.1 Å². The van der Waals surface area contributed by atoms with E-state index in [1.807, 2.05) is 18.2 Å². The Hall–Kier alpha value is -2.99. The molecule has 1 N–H and O–H groups in total. The zero-order valence-corrected chi connectivity index (χ0v) is 17.7. The van der Waals surface area contributed by atoms with Gasteiger partial charge in [-0.2, -0.15) is 0 Å². The quantitative estimate of drug-likeness (QED) is 0.536. The van der Waals surface area contributed by atoms with Gasteiger partial charge < -0.3 is 18.9 Å². The molecule has 0 saturated carbocycles. The second kappa shape index (κ2) is 8.03. The fourth-order valence-electron chi connectivity index (χ4n) is 4.67. The van der Waals surface area contributed by atoms with Gasteiger partial charge in [0.05, 0.1) is 57.1 Å². The molecule has 0 radical (unpaired) electrons. The Labute approximate surface area is 176 Å². The molecule has 2 aromatic heterocycles. The van der Waals surface area contributed by atoms with Crippen LogP contribution in [0.25, 0.3) is 28.1 Å². The van der Waals surface area contributed by atoms with Gasteiger partial charge in [-0.05, 0) is 49.6 Å². The summed E-state index contributed by atoms with van der Waals surface area (Å²) in [7, 11) is 3.32. The molecular formula is C24H29N4O2+. The Balaban J connectivity index is 1.55. The first-order valence-electron chi connectivity index (χ1n) is 10.8. The molecular weight excluding hydrogens is 376 g/mol. The highest BCUT2D eigenvalue weighted by atomic mass is 16.5. The van der Waals surface area contributed by atoms with Crippen LogP contribution in [-0.2, 0) is 6.54 Å². The zero-order chi connectivity index (χ0) is 20.5. The Morgan fingerprint density at radius 2 is 1.70 bits per heavy atom. The molecule has 6 heteroatoms. The smallest absolute Gasteiger partial charge is 0.215 e. The molecule has 156 valence electrons. The van der Waals surface area contributed by atoms with E-state index in [0.717, 1.165) is 35.9 Å². The van der Waals surface area contributed by atoms with E-state index in [2.05, 4.69) is 39.4 Å². The number of nitrogens with one attached hydrogen (secondary N) is 1. The molecule has 0 amide bonds. The number of aromatic nitrogens is 3. The summed E-state index contributed by atoms with van der Waals surface area (Å²) in [4.78, 5) is 6.75. The lowest BCUT2D eigenvalue weighted by Gasteiger charge is -2.23. The van der Waals surface area contributed by atoms with E-state index in [1.165, 1.54) is 43.4 Å². The highest BCUT2D eigenvalue weighted by Gasteiger charge is 2.18. The van der Waals surface area contributed by atoms with Crippen molar-refractivity contribution in [3.63, 3.8) is 0 Å². The summed E-state index contributed by atoms with van der Waals surface area (Å²) < 4.78 is 15.5. The standard InChI is InChI=1S/C24H28N4O2/c1-29-22-11-10-18(16-23(22)30-2)19-17-28-21-9-5-4-8-20(21)27(24(28)25-19)15-14-26-12-6-3-7-13-26/h4-5,8-11,16-17H,3,6-7,12-15H2,1-2H3/p+1. The Morgan fingerprint density at radius 3 is 2.47 bits per heavy atom. The van der Waals surface area contributed by atoms with Gasteiger partial charge in [0, 0.05) is 11.8 Å². The van der Waals surface area contributed by atoms with Crippen LogP contribution in [0.15, 0.2) is 48.7 Å². The lowest BCUT2D eigenvalue weighted by molar-refractivity contribution is -0.905. The maximum atomic E-state index is 5.49. The highest BCUT2D eigenvalue weighted by Crippen LogP contribution is 2.33. The summed E-state index contributed by atoms with van der Waals surface area (Å²) in [6.45, 7) is 4.71. The van der Waals surface area contributed by atoms with Gasteiger partial charge >= 0.3 is 0 Å². The third-order valence-electron chi connectivity index (χ3n) is 6.29. The van der Waals surface area contributed by atoms with Crippen molar-refractivity contribution in [3.8, 4) is 22.8 Å². The Morgan fingerprint density at radius 1 is 0.933 bits per heavy atom. The number of benzene rings is 2. The van der Waals surface area contributed by atoms with Gasteiger partial charge in [0.2, 0.25) is 5.78 Å². The fraction of sp³-hybridized carbons (Fsp3) is 0.375. The number of nitrogens with zero attached hydrogens (tertiary/aromatic N) is 3. The molecule has 0 bridgehead atoms. The second-order valence-corrected chi connectivity index (χ2v) is 8.07. The molecule has 0 unspecified atom stereocenters. The van der Waals surface area contributed by atoms with Crippen molar-refractivity contribution >= 4 is 16.8 Å². The van der Waals surface area contributed by atoms with Crippen molar-refractivity contribution in [1.82, 2.24) is 14.0 Å². The monoisotopic (exact) mass is 405 g/mol. The summed E-state index contributed by atoms with van der Waals surface area (Å²) >= 11 is 0. The molecule has 30 heavy (non-hydrogen) atoms. The summed E-state index contributed by atoms with van der Waals surface area (Å²) in [6.07, 6.45) is 6.21. The van der Waals surface area contributed by atoms with Crippen LogP contribution in [0.3, 0.4) is 0 Å².